The quantitative estimate of drug-likeness (QED) is 0.664. The number of hydrogen-bond donors (Lipinski definition) is 0. The van der Waals surface area contributed by atoms with Gasteiger partial charge in [0.05, 0.1) is 18.8 Å². The first-order chi connectivity index (χ1) is 14.2. The molecule has 2 aliphatic heterocycles. The Hall–Kier alpha value is -2.05. The summed E-state index contributed by atoms with van der Waals surface area (Å²) in [5.74, 6) is 1.34. The summed E-state index contributed by atoms with van der Waals surface area (Å²) in [6.45, 7) is 11.1. The standard InChI is InChI=1S/C23H32N2O4/c1-3-27-21-14-18-17-8-11-25(13-12-24-9-6-5-7-10-24)16-19(17)23(26)29-20(18)15-22(21)28-4-2/h14-15H,3-13,16H2,1-2H3. The van der Waals surface area contributed by atoms with Crippen molar-refractivity contribution in [1.29, 1.82) is 0 Å². The molecule has 1 saturated heterocycles. The second-order valence-corrected chi connectivity index (χ2v) is 7.94. The Morgan fingerprint density at radius 1 is 0.897 bits per heavy atom. The van der Waals surface area contributed by atoms with Crippen LogP contribution in [-0.4, -0.2) is 55.7 Å². The number of hydrogen-bond acceptors (Lipinski definition) is 6. The minimum absolute atomic E-state index is 0.221. The van der Waals surface area contributed by atoms with Crippen molar-refractivity contribution >= 4 is 11.0 Å². The largest absolute Gasteiger partial charge is 0.490 e. The molecule has 0 unspecified atom stereocenters. The van der Waals surface area contributed by atoms with Gasteiger partial charge in [-0.1, -0.05) is 6.42 Å². The molecule has 4 rings (SSSR count). The van der Waals surface area contributed by atoms with Gasteiger partial charge in [0.2, 0.25) is 0 Å². The van der Waals surface area contributed by atoms with E-state index in [1.165, 1.54) is 32.4 Å². The van der Waals surface area contributed by atoms with Crippen LogP contribution in [0.25, 0.3) is 11.0 Å². The third-order valence-electron chi connectivity index (χ3n) is 6.02. The molecular weight excluding hydrogens is 368 g/mol. The predicted molar refractivity (Wildman–Crippen MR) is 114 cm³/mol. The number of piperidine rings is 1. The van der Waals surface area contributed by atoms with Crippen LogP contribution < -0.4 is 15.1 Å². The molecule has 3 heterocycles. The van der Waals surface area contributed by atoms with Gasteiger partial charge in [-0.15, -0.1) is 0 Å². The van der Waals surface area contributed by atoms with Gasteiger partial charge in [-0.2, -0.15) is 0 Å². The van der Waals surface area contributed by atoms with E-state index in [2.05, 4.69) is 9.80 Å². The van der Waals surface area contributed by atoms with Gasteiger partial charge < -0.3 is 18.8 Å². The Labute approximate surface area is 172 Å². The molecular formula is C23H32N2O4. The molecule has 0 atom stereocenters. The maximum Gasteiger partial charge on any atom is 0.341 e. The summed E-state index contributed by atoms with van der Waals surface area (Å²) in [7, 11) is 0. The second-order valence-electron chi connectivity index (χ2n) is 7.94. The summed E-state index contributed by atoms with van der Waals surface area (Å²) in [5.41, 5.74) is 2.27. The Bertz CT molecular complexity index is 902. The Balaban J connectivity index is 1.58. The van der Waals surface area contributed by atoms with E-state index < -0.39 is 0 Å². The zero-order chi connectivity index (χ0) is 20.2. The molecule has 0 saturated carbocycles. The first-order valence-corrected chi connectivity index (χ1v) is 11.0. The van der Waals surface area contributed by atoms with Crippen LogP contribution in [0, 0.1) is 0 Å². The minimum atomic E-state index is -0.221. The molecule has 2 aliphatic rings. The molecule has 0 aliphatic carbocycles. The summed E-state index contributed by atoms with van der Waals surface area (Å²) >= 11 is 0. The highest BCUT2D eigenvalue weighted by atomic mass is 16.5. The van der Waals surface area contributed by atoms with Gasteiger partial charge in [0, 0.05) is 37.6 Å². The van der Waals surface area contributed by atoms with Crippen molar-refractivity contribution in [2.24, 2.45) is 0 Å². The third kappa shape index (κ3) is 4.43. The monoisotopic (exact) mass is 400 g/mol. The number of likely N-dealkylation sites (tertiary alicyclic amines) is 1. The molecule has 1 aromatic carbocycles. The highest BCUT2D eigenvalue weighted by Gasteiger charge is 2.24. The van der Waals surface area contributed by atoms with Gasteiger partial charge in [-0.25, -0.2) is 4.79 Å². The van der Waals surface area contributed by atoms with Gasteiger partial charge in [-0.3, -0.25) is 4.90 Å². The molecule has 6 nitrogen and oxygen atoms in total. The maximum absolute atomic E-state index is 12.7. The van der Waals surface area contributed by atoms with Crippen molar-refractivity contribution in [3.05, 3.63) is 33.7 Å². The van der Waals surface area contributed by atoms with E-state index in [1.807, 2.05) is 19.9 Å². The normalized spacial score (nSPS) is 18.0. The lowest BCUT2D eigenvalue weighted by molar-refractivity contribution is 0.172. The van der Waals surface area contributed by atoms with Crippen LogP contribution in [-0.2, 0) is 13.0 Å². The first-order valence-electron chi connectivity index (χ1n) is 11.0. The highest BCUT2D eigenvalue weighted by Crippen LogP contribution is 2.35. The van der Waals surface area contributed by atoms with Gasteiger partial charge in [0.25, 0.3) is 0 Å². The van der Waals surface area contributed by atoms with E-state index in [1.54, 1.807) is 6.07 Å². The van der Waals surface area contributed by atoms with Crippen LogP contribution in [0.3, 0.4) is 0 Å². The zero-order valence-electron chi connectivity index (χ0n) is 17.7. The molecule has 1 fully saturated rings. The molecule has 1 aromatic heterocycles. The summed E-state index contributed by atoms with van der Waals surface area (Å²) in [4.78, 5) is 17.7. The summed E-state index contributed by atoms with van der Waals surface area (Å²) in [6, 6.07) is 3.78. The van der Waals surface area contributed by atoms with Crippen molar-refractivity contribution in [1.82, 2.24) is 9.80 Å². The van der Waals surface area contributed by atoms with Crippen LogP contribution in [0.5, 0.6) is 11.5 Å². The zero-order valence-corrected chi connectivity index (χ0v) is 17.7. The van der Waals surface area contributed by atoms with Gasteiger partial charge in [0.1, 0.15) is 5.58 Å². The van der Waals surface area contributed by atoms with E-state index in [9.17, 15) is 4.79 Å². The molecule has 6 heteroatoms. The highest BCUT2D eigenvalue weighted by molar-refractivity contribution is 5.85. The second kappa shape index (κ2) is 9.18. The molecule has 0 amide bonds. The van der Waals surface area contributed by atoms with Gasteiger partial charge >= 0.3 is 5.63 Å². The molecule has 0 bridgehead atoms. The number of rotatable bonds is 7. The Morgan fingerprint density at radius 2 is 1.59 bits per heavy atom. The molecule has 2 aromatic rings. The van der Waals surface area contributed by atoms with E-state index in [0.717, 1.165) is 42.6 Å². The number of benzene rings is 1. The lowest BCUT2D eigenvalue weighted by Gasteiger charge is -2.32. The van der Waals surface area contributed by atoms with E-state index in [4.69, 9.17) is 13.9 Å². The Kier molecular flexibility index (Phi) is 6.40. The fraction of sp³-hybridized carbons (Fsp3) is 0.609. The lowest BCUT2D eigenvalue weighted by Crippen LogP contribution is -2.41. The molecule has 0 radical (unpaired) electrons. The van der Waals surface area contributed by atoms with Crippen LogP contribution in [0.4, 0.5) is 0 Å². The first kappa shape index (κ1) is 20.2. The average molecular weight is 401 g/mol. The van der Waals surface area contributed by atoms with Crippen molar-refractivity contribution in [3.63, 3.8) is 0 Å². The third-order valence-corrected chi connectivity index (χ3v) is 6.02. The average Bonchev–Trinajstić information content (AvgIpc) is 2.74. The van der Waals surface area contributed by atoms with Crippen molar-refractivity contribution in [2.45, 2.75) is 46.1 Å². The number of nitrogens with zero attached hydrogens (tertiary/aromatic N) is 2. The van der Waals surface area contributed by atoms with E-state index in [-0.39, 0.29) is 5.63 Å². The van der Waals surface area contributed by atoms with E-state index in [0.29, 0.717) is 36.8 Å². The van der Waals surface area contributed by atoms with Crippen molar-refractivity contribution < 1.29 is 13.9 Å². The molecule has 29 heavy (non-hydrogen) atoms. The summed E-state index contributed by atoms with van der Waals surface area (Å²) < 4.78 is 17.2. The van der Waals surface area contributed by atoms with Gasteiger partial charge in [-0.05, 0) is 57.8 Å². The molecule has 158 valence electrons. The topological polar surface area (TPSA) is 55.2 Å². The fourth-order valence-corrected chi connectivity index (χ4v) is 4.52. The lowest BCUT2D eigenvalue weighted by atomic mass is 9.97. The summed E-state index contributed by atoms with van der Waals surface area (Å²) in [5, 5.41) is 0.974. The van der Waals surface area contributed by atoms with Crippen LogP contribution >= 0.6 is 0 Å². The maximum atomic E-state index is 12.7. The molecule has 0 spiro atoms. The minimum Gasteiger partial charge on any atom is -0.490 e. The predicted octanol–water partition coefficient (Wildman–Crippen LogP) is 3.43. The van der Waals surface area contributed by atoms with Crippen LogP contribution in [0.15, 0.2) is 21.3 Å². The smallest absolute Gasteiger partial charge is 0.341 e. The van der Waals surface area contributed by atoms with Gasteiger partial charge in [0.15, 0.2) is 11.5 Å². The summed E-state index contributed by atoms with van der Waals surface area (Å²) in [6.07, 6.45) is 4.84. The van der Waals surface area contributed by atoms with Crippen molar-refractivity contribution in [3.8, 4) is 11.5 Å². The fourth-order valence-electron chi connectivity index (χ4n) is 4.52. The van der Waals surface area contributed by atoms with E-state index >= 15 is 0 Å². The van der Waals surface area contributed by atoms with Crippen LogP contribution in [0.1, 0.15) is 44.2 Å². The SMILES string of the molecule is CCOc1cc2oc(=O)c3c(c2cc1OCC)CCN(CCN1CCCCC1)C3. The number of fused-ring (bicyclic) bond motifs is 3. The van der Waals surface area contributed by atoms with Crippen LogP contribution in [0.2, 0.25) is 0 Å². The molecule has 0 N–H and O–H groups in total. The number of ether oxygens (including phenoxy) is 2. The van der Waals surface area contributed by atoms with Crippen molar-refractivity contribution in [2.75, 3.05) is 45.9 Å². The Morgan fingerprint density at radius 3 is 2.31 bits per heavy atom.